The van der Waals surface area contributed by atoms with Crippen LogP contribution in [0.1, 0.15) is 45.6 Å². The van der Waals surface area contributed by atoms with Crippen LogP contribution in [-0.2, 0) is 14.9 Å². The van der Waals surface area contributed by atoms with Crippen molar-refractivity contribution in [2.45, 2.75) is 51.0 Å². The number of carbonyl (C=O) groups is 2. The Morgan fingerprint density at radius 1 is 1.25 bits per heavy atom. The minimum Gasteiger partial charge on any atom is -0.444 e. The first-order chi connectivity index (χ1) is 11.2. The summed E-state index contributed by atoms with van der Waals surface area (Å²) in [5, 5.41) is 0.974. The average Bonchev–Trinajstić information content (AvgIpc) is 2.49. The van der Waals surface area contributed by atoms with Crippen molar-refractivity contribution in [3.8, 4) is 0 Å². The molecule has 1 aliphatic rings. The molecule has 4 nitrogen and oxygen atoms in total. The highest BCUT2D eigenvalue weighted by Crippen LogP contribution is 2.40. The lowest BCUT2D eigenvalue weighted by Gasteiger charge is -2.41. The number of aldehydes is 1. The Kier molecular flexibility index (Phi) is 5.82. The van der Waals surface area contributed by atoms with Crippen LogP contribution < -0.4 is 0 Å². The molecule has 0 bridgehead atoms. The van der Waals surface area contributed by atoms with Crippen molar-refractivity contribution in [3.05, 3.63) is 33.8 Å². The third-order valence-corrected chi connectivity index (χ3v) is 5.12. The van der Waals surface area contributed by atoms with E-state index in [4.69, 9.17) is 27.9 Å². The molecule has 0 spiro atoms. The largest absolute Gasteiger partial charge is 0.444 e. The van der Waals surface area contributed by atoms with Gasteiger partial charge in [0, 0.05) is 24.9 Å². The first kappa shape index (κ1) is 19.1. The third-order valence-electron chi connectivity index (χ3n) is 4.38. The number of halogens is 2. The lowest BCUT2D eigenvalue weighted by atomic mass is 9.71. The van der Waals surface area contributed by atoms with E-state index in [1.165, 1.54) is 0 Å². The Bertz CT molecular complexity index is 617. The Balaban J connectivity index is 2.15. The molecule has 0 aliphatic carbocycles. The summed E-state index contributed by atoms with van der Waals surface area (Å²) in [4.78, 5) is 25.2. The number of hydrogen-bond acceptors (Lipinski definition) is 3. The quantitative estimate of drug-likeness (QED) is 0.713. The Labute approximate surface area is 153 Å². The second-order valence-electron chi connectivity index (χ2n) is 7.25. The summed E-state index contributed by atoms with van der Waals surface area (Å²) in [5.74, 6) is 0. The van der Waals surface area contributed by atoms with Gasteiger partial charge in [0.25, 0.3) is 0 Å². The van der Waals surface area contributed by atoms with Gasteiger partial charge in [-0.15, -0.1) is 0 Å². The minimum atomic E-state index is -0.516. The zero-order valence-electron chi connectivity index (χ0n) is 14.3. The number of piperidine rings is 1. The fourth-order valence-corrected chi connectivity index (χ4v) is 3.34. The Morgan fingerprint density at radius 3 is 2.38 bits per heavy atom. The van der Waals surface area contributed by atoms with Gasteiger partial charge >= 0.3 is 6.09 Å². The summed E-state index contributed by atoms with van der Waals surface area (Å²) in [6, 6.07) is 5.50. The number of rotatable bonds is 3. The van der Waals surface area contributed by atoms with Crippen molar-refractivity contribution in [3.63, 3.8) is 0 Å². The van der Waals surface area contributed by atoms with E-state index in [-0.39, 0.29) is 11.5 Å². The molecule has 0 aromatic heterocycles. The van der Waals surface area contributed by atoms with E-state index in [1.54, 1.807) is 11.0 Å². The van der Waals surface area contributed by atoms with Crippen LogP contribution >= 0.6 is 23.2 Å². The van der Waals surface area contributed by atoms with Gasteiger partial charge in [-0.1, -0.05) is 29.3 Å². The third kappa shape index (κ3) is 4.42. The lowest BCUT2D eigenvalue weighted by molar-refractivity contribution is -0.109. The normalized spacial score (nSPS) is 17.5. The highest BCUT2D eigenvalue weighted by Gasteiger charge is 2.38. The molecule has 1 aromatic carbocycles. The molecule has 1 heterocycles. The summed E-state index contributed by atoms with van der Waals surface area (Å²) >= 11 is 12.1. The predicted molar refractivity (Wildman–Crippen MR) is 95.9 cm³/mol. The molecule has 24 heavy (non-hydrogen) atoms. The van der Waals surface area contributed by atoms with Crippen LogP contribution in [0.4, 0.5) is 4.79 Å². The van der Waals surface area contributed by atoms with Crippen LogP contribution in [0.2, 0.25) is 10.0 Å². The second kappa shape index (κ2) is 7.32. The van der Waals surface area contributed by atoms with Crippen molar-refractivity contribution < 1.29 is 14.3 Å². The maximum Gasteiger partial charge on any atom is 0.410 e. The van der Waals surface area contributed by atoms with E-state index in [9.17, 15) is 9.59 Å². The molecule has 132 valence electrons. The van der Waals surface area contributed by atoms with Gasteiger partial charge in [0.2, 0.25) is 0 Å². The van der Waals surface area contributed by atoms with Crippen LogP contribution in [0.25, 0.3) is 0 Å². The lowest BCUT2D eigenvalue weighted by Crippen LogP contribution is -2.47. The molecule has 0 N–H and O–H groups in total. The highest BCUT2D eigenvalue weighted by atomic mass is 35.5. The molecule has 1 aromatic rings. The molecule has 1 fully saturated rings. The van der Waals surface area contributed by atoms with Gasteiger partial charge < -0.3 is 14.4 Å². The van der Waals surface area contributed by atoms with Gasteiger partial charge in [0.15, 0.2) is 0 Å². The Hall–Kier alpha value is -1.26. The Morgan fingerprint density at radius 2 is 1.88 bits per heavy atom. The van der Waals surface area contributed by atoms with Crippen molar-refractivity contribution in [2.75, 3.05) is 13.1 Å². The van der Waals surface area contributed by atoms with Crippen LogP contribution in [0.15, 0.2) is 18.2 Å². The zero-order chi connectivity index (χ0) is 18.0. The molecule has 1 saturated heterocycles. The standard InChI is InChI=1S/C18H23Cl2NO3/c1-17(2,3)24-16(23)21-9-6-18(7-10-21,8-11-22)13-4-5-14(19)15(20)12-13/h4-5,11-12H,6-10H2,1-3H3. The number of carbonyl (C=O) groups excluding carboxylic acids is 2. The molecule has 1 aliphatic heterocycles. The summed E-state index contributed by atoms with van der Waals surface area (Å²) < 4.78 is 5.42. The van der Waals surface area contributed by atoms with E-state index in [0.29, 0.717) is 42.4 Å². The molecule has 2 rings (SSSR count). The molecule has 0 saturated carbocycles. The first-order valence-electron chi connectivity index (χ1n) is 8.04. The maximum atomic E-state index is 12.2. The molecule has 6 heteroatoms. The highest BCUT2D eigenvalue weighted by molar-refractivity contribution is 6.42. The minimum absolute atomic E-state index is 0.309. The van der Waals surface area contributed by atoms with Gasteiger partial charge in [-0.25, -0.2) is 4.79 Å². The molecular weight excluding hydrogens is 349 g/mol. The van der Waals surface area contributed by atoms with Gasteiger partial charge in [-0.2, -0.15) is 0 Å². The maximum absolute atomic E-state index is 12.2. The number of benzene rings is 1. The van der Waals surface area contributed by atoms with Crippen molar-refractivity contribution >= 4 is 35.6 Å². The van der Waals surface area contributed by atoms with Gasteiger partial charge in [0.1, 0.15) is 11.9 Å². The fourth-order valence-electron chi connectivity index (χ4n) is 3.04. The molecule has 0 radical (unpaired) electrons. The molecule has 1 amide bonds. The molecular formula is C18H23Cl2NO3. The van der Waals surface area contributed by atoms with Gasteiger partial charge in [-0.3, -0.25) is 0 Å². The van der Waals surface area contributed by atoms with E-state index in [2.05, 4.69) is 0 Å². The van der Waals surface area contributed by atoms with Crippen molar-refractivity contribution in [1.82, 2.24) is 4.90 Å². The molecule has 0 unspecified atom stereocenters. The monoisotopic (exact) mass is 371 g/mol. The van der Waals surface area contributed by atoms with E-state index >= 15 is 0 Å². The number of hydrogen-bond donors (Lipinski definition) is 0. The van der Waals surface area contributed by atoms with Crippen LogP contribution in [0.5, 0.6) is 0 Å². The summed E-state index contributed by atoms with van der Waals surface area (Å²) in [7, 11) is 0. The average molecular weight is 372 g/mol. The fraction of sp³-hybridized carbons (Fsp3) is 0.556. The summed E-state index contributed by atoms with van der Waals surface area (Å²) in [5.41, 5.74) is 0.167. The van der Waals surface area contributed by atoms with Crippen molar-refractivity contribution in [2.24, 2.45) is 0 Å². The molecule has 0 atom stereocenters. The smallest absolute Gasteiger partial charge is 0.410 e. The number of amides is 1. The van der Waals surface area contributed by atoms with Gasteiger partial charge in [0.05, 0.1) is 10.0 Å². The topological polar surface area (TPSA) is 46.6 Å². The van der Waals surface area contributed by atoms with Crippen LogP contribution in [-0.4, -0.2) is 36.0 Å². The van der Waals surface area contributed by atoms with Crippen LogP contribution in [0, 0.1) is 0 Å². The zero-order valence-corrected chi connectivity index (χ0v) is 15.8. The van der Waals surface area contributed by atoms with E-state index in [0.717, 1.165) is 11.8 Å². The SMILES string of the molecule is CC(C)(C)OC(=O)N1CCC(CC=O)(c2ccc(Cl)c(Cl)c2)CC1. The van der Waals surface area contributed by atoms with Crippen LogP contribution in [0.3, 0.4) is 0 Å². The number of nitrogens with zero attached hydrogens (tertiary/aromatic N) is 1. The van der Waals surface area contributed by atoms with E-state index in [1.807, 2.05) is 32.9 Å². The predicted octanol–water partition coefficient (Wildman–Crippen LogP) is 4.85. The summed E-state index contributed by atoms with van der Waals surface area (Å²) in [6.45, 7) is 6.63. The van der Waals surface area contributed by atoms with Crippen molar-refractivity contribution in [1.29, 1.82) is 0 Å². The van der Waals surface area contributed by atoms with E-state index < -0.39 is 5.60 Å². The first-order valence-corrected chi connectivity index (χ1v) is 8.79. The number of likely N-dealkylation sites (tertiary alicyclic amines) is 1. The second-order valence-corrected chi connectivity index (χ2v) is 8.06. The number of ether oxygens (including phenoxy) is 1. The summed E-state index contributed by atoms with van der Waals surface area (Å²) in [6.07, 6.45) is 2.39. The van der Waals surface area contributed by atoms with Gasteiger partial charge in [-0.05, 0) is 51.3 Å².